The Kier molecular flexibility index (Phi) is 22.0. The Hall–Kier alpha value is 3.86. The van der Waals surface area contributed by atoms with Crippen LogP contribution in [0.3, 0.4) is 0 Å². The first-order valence-corrected chi connectivity index (χ1v) is 4.87. The van der Waals surface area contributed by atoms with Gasteiger partial charge in [-0.2, -0.15) is 0 Å². The minimum atomic E-state index is -4.72. The summed E-state index contributed by atoms with van der Waals surface area (Å²) in [5.74, 6) is 0. The molecule has 0 atom stereocenters. The van der Waals surface area contributed by atoms with Crippen LogP contribution in [0.1, 0.15) is 6.42 Å². The van der Waals surface area contributed by atoms with Crippen LogP contribution in [0.4, 0.5) is 0 Å². The molecule has 0 spiro atoms. The molecule has 8 heteroatoms. The van der Waals surface area contributed by atoms with Crippen LogP contribution in [0.25, 0.3) is 0 Å². The van der Waals surface area contributed by atoms with E-state index in [1.807, 2.05) is 0 Å². The molecule has 56 valence electrons. The van der Waals surface area contributed by atoms with Crippen molar-refractivity contribution >= 4 is 23.8 Å². The van der Waals surface area contributed by atoms with Gasteiger partial charge in [0.1, 0.15) is 0 Å². The van der Waals surface area contributed by atoms with Crippen LogP contribution in [-0.2, 0) is 9.09 Å². The van der Waals surface area contributed by atoms with Gasteiger partial charge in [-0.1, -0.05) is 15.9 Å². The second-order valence-corrected chi connectivity index (χ2v) is 3.27. The van der Waals surface area contributed by atoms with Gasteiger partial charge in [-0.05, 0) is 6.42 Å². The molecule has 0 fully saturated rings. The molecule has 0 amide bonds. The van der Waals surface area contributed by atoms with Crippen LogP contribution >= 0.6 is 23.8 Å². The Morgan fingerprint density at radius 3 is 2.09 bits per heavy atom. The van der Waals surface area contributed by atoms with Gasteiger partial charge in [-0.15, -0.1) is 0 Å². The molecule has 4 nitrogen and oxygen atoms in total. The Balaban J connectivity index is -0.000000320. The van der Waals surface area contributed by atoms with E-state index in [0.29, 0.717) is 11.8 Å². The van der Waals surface area contributed by atoms with Gasteiger partial charge >= 0.3 is 103 Å². The molecule has 0 aliphatic heterocycles. The zero-order valence-electron chi connectivity index (χ0n) is 6.58. The van der Waals surface area contributed by atoms with Crippen LogP contribution in [0.2, 0.25) is 0 Å². The molecule has 0 rings (SSSR count). The van der Waals surface area contributed by atoms with Crippen molar-refractivity contribution in [2.24, 2.45) is 0 Å². The van der Waals surface area contributed by atoms with Gasteiger partial charge in [0.2, 0.25) is 0 Å². The van der Waals surface area contributed by atoms with Gasteiger partial charge in [-0.3, -0.25) is 0 Å². The molecule has 11 heavy (non-hydrogen) atoms. The fourth-order valence-electron chi connectivity index (χ4n) is 0.231. The molecule has 0 heterocycles. The van der Waals surface area contributed by atoms with E-state index in [4.69, 9.17) is 0 Å². The van der Waals surface area contributed by atoms with E-state index < -0.39 is 7.82 Å². The number of phosphoric ester groups is 1. The fraction of sp³-hybridized carbons (Fsp3) is 1.00. The third kappa shape index (κ3) is 20.1. The Morgan fingerprint density at radius 2 is 1.82 bits per heavy atom. The standard InChI is InChI=1S/C3H8BrO4P.2K/c4-2-1-3-8-9(5,6)7;;/h1-3H2,(H2,5,6,7);;/q;2*+1/p-2. The van der Waals surface area contributed by atoms with E-state index in [1.54, 1.807) is 0 Å². The summed E-state index contributed by atoms with van der Waals surface area (Å²) in [7, 11) is -4.72. The average molecular weight is 295 g/mol. The van der Waals surface area contributed by atoms with Gasteiger partial charge < -0.3 is 18.9 Å². The van der Waals surface area contributed by atoms with Gasteiger partial charge in [0, 0.05) is 5.33 Å². The summed E-state index contributed by atoms with van der Waals surface area (Å²) in [4.78, 5) is 19.5. The van der Waals surface area contributed by atoms with Crippen molar-refractivity contribution in [2.45, 2.75) is 6.42 Å². The Bertz CT molecular complexity index is 118. The maximum atomic E-state index is 9.74. The average Bonchev–Trinajstić information content (AvgIpc) is 1.63. The summed E-state index contributed by atoms with van der Waals surface area (Å²) < 4.78 is 13.6. The number of rotatable bonds is 4. The maximum absolute atomic E-state index is 9.74. The Morgan fingerprint density at radius 1 is 1.36 bits per heavy atom. The van der Waals surface area contributed by atoms with Gasteiger partial charge in [0.15, 0.2) is 0 Å². The van der Waals surface area contributed by atoms with Crippen LogP contribution in [0, 0.1) is 0 Å². The quantitative estimate of drug-likeness (QED) is 0.224. The van der Waals surface area contributed by atoms with Gasteiger partial charge in [0.25, 0.3) is 0 Å². The van der Waals surface area contributed by atoms with E-state index in [2.05, 4.69) is 20.5 Å². The van der Waals surface area contributed by atoms with Crippen molar-refractivity contribution in [3.63, 3.8) is 0 Å². The van der Waals surface area contributed by atoms with Crippen LogP contribution in [-0.4, -0.2) is 11.9 Å². The molecule has 0 aliphatic rings. The van der Waals surface area contributed by atoms with E-state index in [0.717, 1.165) is 0 Å². The van der Waals surface area contributed by atoms with E-state index >= 15 is 0 Å². The third-order valence-corrected chi connectivity index (χ3v) is 1.59. The number of hydrogen-bond acceptors (Lipinski definition) is 4. The van der Waals surface area contributed by atoms with Gasteiger partial charge in [-0.25, -0.2) is 0 Å². The van der Waals surface area contributed by atoms with Crippen molar-refractivity contribution < 1.29 is 122 Å². The zero-order chi connectivity index (χ0) is 7.33. The molecule has 0 N–H and O–H groups in total. The molecular formula is C3H6BrK2O4P. The minimum absolute atomic E-state index is 0. The summed E-state index contributed by atoms with van der Waals surface area (Å²) in [6.45, 7) is -0.0322. The molecule has 0 radical (unpaired) electrons. The second-order valence-electron chi connectivity index (χ2n) is 1.32. The first-order chi connectivity index (χ1) is 4.06. The second kappa shape index (κ2) is 11.9. The molecular weight excluding hydrogens is 289 g/mol. The molecule has 0 aromatic heterocycles. The monoisotopic (exact) mass is 294 g/mol. The first kappa shape index (κ1) is 20.3. The van der Waals surface area contributed by atoms with Crippen molar-refractivity contribution in [2.75, 3.05) is 11.9 Å². The van der Waals surface area contributed by atoms with Crippen molar-refractivity contribution in [3.8, 4) is 0 Å². The molecule has 0 unspecified atom stereocenters. The first-order valence-electron chi connectivity index (χ1n) is 2.29. The summed E-state index contributed by atoms with van der Waals surface area (Å²) >= 11 is 3.04. The summed E-state index contributed by atoms with van der Waals surface area (Å²) in [5.41, 5.74) is 0. The van der Waals surface area contributed by atoms with E-state index in [-0.39, 0.29) is 109 Å². The van der Waals surface area contributed by atoms with Crippen LogP contribution in [0.15, 0.2) is 0 Å². The SMILES string of the molecule is O=P([O-])([O-])OCCCBr.[K+].[K+]. The molecule has 0 bridgehead atoms. The smallest absolute Gasteiger partial charge is 0.790 e. The topological polar surface area (TPSA) is 72.4 Å². The van der Waals surface area contributed by atoms with Crippen molar-refractivity contribution in [3.05, 3.63) is 0 Å². The fourth-order valence-corrected chi connectivity index (χ4v) is 0.813. The predicted molar refractivity (Wildman–Crippen MR) is 32.0 cm³/mol. The minimum Gasteiger partial charge on any atom is -0.790 e. The van der Waals surface area contributed by atoms with Crippen molar-refractivity contribution in [1.82, 2.24) is 0 Å². The van der Waals surface area contributed by atoms with Gasteiger partial charge in [0.05, 0.1) is 14.4 Å². The molecule has 0 aromatic rings. The predicted octanol–water partition coefficient (Wildman–Crippen LogP) is -6.38. The number of hydrogen-bond donors (Lipinski definition) is 0. The van der Waals surface area contributed by atoms with Crippen LogP contribution < -0.4 is 113 Å². The normalized spacial score (nSPS) is 9.73. The van der Waals surface area contributed by atoms with Crippen LogP contribution in [0.5, 0.6) is 0 Å². The molecule has 0 saturated heterocycles. The molecule has 0 aliphatic carbocycles. The number of halogens is 1. The van der Waals surface area contributed by atoms with E-state index in [1.165, 1.54) is 0 Å². The number of alkyl halides is 1. The third-order valence-electron chi connectivity index (χ3n) is 0.527. The zero-order valence-corrected chi connectivity index (χ0v) is 15.3. The summed E-state index contributed by atoms with van der Waals surface area (Å²) in [6, 6.07) is 0. The maximum Gasteiger partial charge on any atom is 1.00 e. The van der Waals surface area contributed by atoms with Crippen molar-refractivity contribution in [1.29, 1.82) is 0 Å². The summed E-state index contributed by atoms with van der Waals surface area (Å²) in [5, 5.41) is 0.632. The number of phosphoric acid groups is 1. The Labute approximate surface area is 159 Å². The molecule has 0 saturated carbocycles. The summed E-state index contributed by atoms with van der Waals surface area (Å²) in [6.07, 6.45) is 0.522. The van der Waals surface area contributed by atoms with E-state index in [9.17, 15) is 14.4 Å². The largest absolute Gasteiger partial charge is 1.00 e. The molecule has 0 aromatic carbocycles.